The first-order chi connectivity index (χ1) is 8.83. The van der Waals surface area contributed by atoms with E-state index >= 15 is 0 Å². The Labute approximate surface area is 106 Å². The molecule has 0 spiro atoms. The fourth-order valence-corrected chi connectivity index (χ4v) is 2.08. The molecule has 2 aromatic heterocycles. The summed E-state index contributed by atoms with van der Waals surface area (Å²) in [5, 5.41) is 4.20. The SMILES string of the molecule is Cn1nccc1-c1cccc(Cn2ccnc2)c1. The third kappa shape index (κ3) is 2.05. The summed E-state index contributed by atoms with van der Waals surface area (Å²) in [6.07, 6.45) is 7.41. The maximum Gasteiger partial charge on any atom is 0.0949 e. The van der Waals surface area contributed by atoms with Gasteiger partial charge in [-0.05, 0) is 17.7 Å². The van der Waals surface area contributed by atoms with Gasteiger partial charge in [-0.3, -0.25) is 4.68 Å². The van der Waals surface area contributed by atoms with E-state index < -0.39 is 0 Å². The van der Waals surface area contributed by atoms with Crippen LogP contribution in [-0.2, 0) is 13.6 Å². The molecule has 1 aromatic carbocycles. The molecule has 0 atom stereocenters. The molecular formula is C14H14N4. The summed E-state index contributed by atoms with van der Waals surface area (Å²) < 4.78 is 3.94. The van der Waals surface area contributed by atoms with Crippen molar-refractivity contribution in [2.24, 2.45) is 7.05 Å². The van der Waals surface area contributed by atoms with Gasteiger partial charge in [-0.15, -0.1) is 0 Å². The third-order valence-electron chi connectivity index (χ3n) is 2.97. The van der Waals surface area contributed by atoms with Gasteiger partial charge in [0, 0.05) is 37.7 Å². The lowest BCUT2D eigenvalue weighted by molar-refractivity contribution is 0.774. The molecule has 0 fully saturated rings. The van der Waals surface area contributed by atoms with E-state index in [1.165, 1.54) is 11.1 Å². The first-order valence-corrected chi connectivity index (χ1v) is 5.86. The molecule has 0 aliphatic rings. The van der Waals surface area contributed by atoms with Crippen molar-refractivity contribution < 1.29 is 0 Å². The Morgan fingerprint density at radius 2 is 2.11 bits per heavy atom. The second kappa shape index (κ2) is 4.49. The quantitative estimate of drug-likeness (QED) is 0.702. The van der Waals surface area contributed by atoms with Crippen molar-refractivity contribution >= 4 is 0 Å². The summed E-state index contributed by atoms with van der Waals surface area (Å²) >= 11 is 0. The fraction of sp³-hybridized carbons (Fsp3) is 0.143. The minimum absolute atomic E-state index is 0.839. The highest BCUT2D eigenvalue weighted by molar-refractivity contribution is 5.60. The van der Waals surface area contributed by atoms with E-state index in [1.807, 2.05) is 36.5 Å². The molecule has 3 rings (SSSR count). The number of aryl methyl sites for hydroxylation is 1. The zero-order chi connectivity index (χ0) is 12.4. The maximum atomic E-state index is 4.20. The van der Waals surface area contributed by atoms with Gasteiger partial charge in [0.1, 0.15) is 0 Å². The number of aromatic nitrogens is 4. The van der Waals surface area contributed by atoms with E-state index in [-0.39, 0.29) is 0 Å². The highest BCUT2D eigenvalue weighted by atomic mass is 15.3. The summed E-state index contributed by atoms with van der Waals surface area (Å²) in [6.45, 7) is 0.839. The highest BCUT2D eigenvalue weighted by Crippen LogP contribution is 2.19. The second-order valence-corrected chi connectivity index (χ2v) is 4.28. The van der Waals surface area contributed by atoms with Crippen LogP contribution in [-0.4, -0.2) is 19.3 Å². The molecule has 0 N–H and O–H groups in total. The minimum Gasteiger partial charge on any atom is -0.333 e. The number of hydrogen-bond acceptors (Lipinski definition) is 2. The Hall–Kier alpha value is -2.36. The van der Waals surface area contributed by atoms with Crippen LogP contribution in [0.5, 0.6) is 0 Å². The van der Waals surface area contributed by atoms with Crippen molar-refractivity contribution in [2.45, 2.75) is 6.54 Å². The van der Waals surface area contributed by atoms with Crippen molar-refractivity contribution in [2.75, 3.05) is 0 Å². The fourth-order valence-electron chi connectivity index (χ4n) is 2.08. The largest absolute Gasteiger partial charge is 0.333 e. The first-order valence-electron chi connectivity index (χ1n) is 5.86. The molecule has 0 saturated heterocycles. The predicted octanol–water partition coefficient (Wildman–Crippen LogP) is 2.33. The normalized spacial score (nSPS) is 10.7. The van der Waals surface area contributed by atoms with Crippen LogP contribution in [0.3, 0.4) is 0 Å². The van der Waals surface area contributed by atoms with E-state index in [2.05, 4.69) is 38.9 Å². The van der Waals surface area contributed by atoms with Crippen LogP contribution in [0.1, 0.15) is 5.56 Å². The van der Waals surface area contributed by atoms with E-state index in [0.29, 0.717) is 0 Å². The van der Waals surface area contributed by atoms with Crippen molar-refractivity contribution in [3.63, 3.8) is 0 Å². The lowest BCUT2D eigenvalue weighted by Gasteiger charge is -2.06. The van der Waals surface area contributed by atoms with Gasteiger partial charge in [0.25, 0.3) is 0 Å². The highest BCUT2D eigenvalue weighted by Gasteiger charge is 2.03. The standard InChI is InChI=1S/C14H14N4/c1-17-14(5-6-16-17)13-4-2-3-12(9-13)10-18-8-7-15-11-18/h2-9,11H,10H2,1H3. The molecule has 0 bridgehead atoms. The average molecular weight is 238 g/mol. The van der Waals surface area contributed by atoms with Gasteiger partial charge in [-0.1, -0.05) is 18.2 Å². The molecule has 0 aliphatic carbocycles. The van der Waals surface area contributed by atoms with E-state index in [4.69, 9.17) is 0 Å². The molecule has 18 heavy (non-hydrogen) atoms. The number of nitrogens with zero attached hydrogens (tertiary/aromatic N) is 4. The summed E-state index contributed by atoms with van der Waals surface area (Å²) in [6, 6.07) is 10.5. The zero-order valence-corrected chi connectivity index (χ0v) is 10.2. The number of benzene rings is 1. The van der Waals surface area contributed by atoms with Gasteiger partial charge < -0.3 is 4.57 Å². The Kier molecular flexibility index (Phi) is 2.68. The van der Waals surface area contributed by atoms with E-state index in [9.17, 15) is 0 Å². The van der Waals surface area contributed by atoms with Gasteiger partial charge >= 0.3 is 0 Å². The number of imidazole rings is 1. The van der Waals surface area contributed by atoms with Crippen LogP contribution in [0, 0.1) is 0 Å². The van der Waals surface area contributed by atoms with Crippen LogP contribution >= 0.6 is 0 Å². The summed E-state index contributed by atoms with van der Waals surface area (Å²) in [7, 11) is 1.96. The Bertz CT molecular complexity index is 637. The van der Waals surface area contributed by atoms with Crippen LogP contribution < -0.4 is 0 Å². The number of rotatable bonds is 3. The number of hydrogen-bond donors (Lipinski definition) is 0. The van der Waals surface area contributed by atoms with E-state index in [0.717, 1.165) is 12.2 Å². The lowest BCUT2D eigenvalue weighted by atomic mass is 10.1. The van der Waals surface area contributed by atoms with Crippen molar-refractivity contribution in [3.8, 4) is 11.3 Å². The summed E-state index contributed by atoms with van der Waals surface area (Å²) in [5.74, 6) is 0. The van der Waals surface area contributed by atoms with Crippen LogP contribution in [0.4, 0.5) is 0 Å². The molecule has 90 valence electrons. The molecule has 0 saturated carbocycles. The summed E-state index contributed by atoms with van der Waals surface area (Å²) in [5.41, 5.74) is 3.57. The molecule has 0 amide bonds. The van der Waals surface area contributed by atoms with Gasteiger partial charge in [-0.25, -0.2) is 4.98 Å². The summed E-state index contributed by atoms with van der Waals surface area (Å²) in [4.78, 5) is 4.05. The first kappa shape index (κ1) is 10.8. The topological polar surface area (TPSA) is 35.6 Å². The Balaban J connectivity index is 1.92. The predicted molar refractivity (Wildman–Crippen MR) is 70.0 cm³/mol. The van der Waals surface area contributed by atoms with Crippen molar-refractivity contribution in [1.82, 2.24) is 19.3 Å². The minimum atomic E-state index is 0.839. The monoisotopic (exact) mass is 238 g/mol. The van der Waals surface area contributed by atoms with Crippen molar-refractivity contribution in [3.05, 3.63) is 60.8 Å². The Morgan fingerprint density at radius 3 is 2.83 bits per heavy atom. The van der Waals surface area contributed by atoms with Crippen LogP contribution in [0.15, 0.2) is 55.2 Å². The molecule has 0 radical (unpaired) electrons. The smallest absolute Gasteiger partial charge is 0.0949 e. The molecule has 0 unspecified atom stereocenters. The molecule has 0 aliphatic heterocycles. The Morgan fingerprint density at radius 1 is 1.17 bits per heavy atom. The molecular weight excluding hydrogens is 224 g/mol. The van der Waals surface area contributed by atoms with Crippen LogP contribution in [0.2, 0.25) is 0 Å². The second-order valence-electron chi connectivity index (χ2n) is 4.28. The third-order valence-corrected chi connectivity index (χ3v) is 2.97. The lowest BCUT2D eigenvalue weighted by Crippen LogP contribution is -1.98. The molecule has 3 aromatic rings. The van der Waals surface area contributed by atoms with Gasteiger partial charge in [0.2, 0.25) is 0 Å². The zero-order valence-electron chi connectivity index (χ0n) is 10.2. The van der Waals surface area contributed by atoms with Gasteiger partial charge in [0.15, 0.2) is 0 Å². The van der Waals surface area contributed by atoms with Crippen molar-refractivity contribution in [1.29, 1.82) is 0 Å². The van der Waals surface area contributed by atoms with Crippen LogP contribution in [0.25, 0.3) is 11.3 Å². The average Bonchev–Trinajstić information content (AvgIpc) is 3.01. The molecule has 4 heteroatoms. The molecule has 2 heterocycles. The van der Waals surface area contributed by atoms with E-state index in [1.54, 1.807) is 6.20 Å². The maximum absolute atomic E-state index is 4.20. The molecule has 4 nitrogen and oxygen atoms in total. The van der Waals surface area contributed by atoms with Gasteiger partial charge in [-0.2, -0.15) is 5.10 Å². The van der Waals surface area contributed by atoms with Gasteiger partial charge in [0.05, 0.1) is 12.0 Å².